The van der Waals surface area contributed by atoms with Gasteiger partial charge in [-0.1, -0.05) is 317 Å². The van der Waals surface area contributed by atoms with Gasteiger partial charge in [-0.05, 0) is 31.6 Å². The summed E-state index contributed by atoms with van der Waals surface area (Å²) in [5.41, 5.74) is 0. The molecule has 0 saturated carbocycles. The molecule has 90 heavy (non-hydrogen) atoms. The third-order valence-corrected chi connectivity index (χ3v) is 18.4. The molecule has 0 aliphatic carbocycles. The molecule has 0 aliphatic heterocycles. The molecule has 0 spiro atoms. The van der Waals surface area contributed by atoms with E-state index in [1.807, 2.05) is 0 Å². The van der Waals surface area contributed by atoms with Gasteiger partial charge in [0, 0.05) is 25.7 Å². The number of aliphatic hydroxyl groups is 1. The topological polar surface area (TPSA) is 237 Å². The monoisotopic (exact) mass is 1320 g/mol. The fourth-order valence-corrected chi connectivity index (χ4v) is 12.4. The Labute approximate surface area is 549 Å². The van der Waals surface area contributed by atoms with Crippen molar-refractivity contribution >= 4 is 39.5 Å². The van der Waals surface area contributed by atoms with Gasteiger partial charge < -0.3 is 33.8 Å². The number of hydrogen-bond acceptors (Lipinski definition) is 15. The Bertz CT molecular complexity index is 1740. The minimum atomic E-state index is -4.95. The number of aliphatic hydroxyl groups excluding tert-OH is 1. The van der Waals surface area contributed by atoms with Crippen molar-refractivity contribution in [2.75, 3.05) is 39.6 Å². The van der Waals surface area contributed by atoms with Gasteiger partial charge in [0.2, 0.25) is 0 Å². The molecule has 3 N–H and O–H groups in total. The molecule has 0 fully saturated rings. The predicted octanol–water partition coefficient (Wildman–Crippen LogP) is 20.5. The van der Waals surface area contributed by atoms with E-state index in [9.17, 15) is 43.2 Å². The van der Waals surface area contributed by atoms with Gasteiger partial charge in [-0.15, -0.1) is 0 Å². The molecule has 0 aromatic rings. The molecule has 0 aliphatic rings. The van der Waals surface area contributed by atoms with Gasteiger partial charge >= 0.3 is 39.5 Å². The highest BCUT2D eigenvalue weighted by Gasteiger charge is 2.30. The highest BCUT2D eigenvalue weighted by atomic mass is 31.2. The second-order valence-electron chi connectivity index (χ2n) is 26.1. The molecular formula is C71H138O17P2. The highest BCUT2D eigenvalue weighted by molar-refractivity contribution is 7.47. The summed E-state index contributed by atoms with van der Waals surface area (Å²) < 4.78 is 68.1. The van der Waals surface area contributed by atoms with Gasteiger partial charge in [0.15, 0.2) is 12.2 Å². The lowest BCUT2D eigenvalue weighted by molar-refractivity contribution is -0.161. The first-order valence-electron chi connectivity index (χ1n) is 37.1. The van der Waals surface area contributed by atoms with E-state index in [0.29, 0.717) is 31.6 Å². The average Bonchev–Trinajstić information content (AvgIpc) is 3.73. The van der Waals surface area contributed by atoms with Crippen molar-refractivity contribution < 1.29 is 80.2 Å². The summed E-state index contributed by atoms with van der Waals surface area (Å²) in [6.45, 7) is 7.15. The third kappa shape index (κ3) is 64.8. The lowest BCUT2D eigenvalue weighted by atomic mass is 10.0. The van der Waals surface area contributed by atoms with Crippen LogP contribution < -0.4 is 0 Å². The summed E-state index contributed by atoms with van der Waals surface area (Å²) in [5.74, 6) is -1.42. The number of ether oxygens (including phenoxy) is 4. The van der Waals surface area contributed by atoms with Crippen molar-refractivity contribution in [2.45, 2.75) is 387 Å². The molecule has 19 heteroatoms. The van der Waals surface area contributed by atoms with Crippen molar-refractivity contribution in [2.24, 2.45) is 5.92 Å². The van der Waals surface area contributed by atoms with Gasteiger partial charge in [-0.3, -0.25) is 37.3 Å². The van der Waals surface area contributed by atoms with E-state index in [-0.39, 0.29) is 25.7 Å². The molecule has 2 unspecified atom stereocenters. The Balaban J connectivity index is 5.10. The number of carbonyl (C=O) groups excluding carboxylic acids is 4. The summed E-state index contributed by atoms with van der Waals surface area (Å²) in [4.78, 5) is 72.4. The maximum atomic E-state index is 13.0. The molecule has 0 bridgehead atoms. The first kappa shape index (κ1) is 88.1. The van der Waals surface area contributed by atoms with Crippen LogP contribution in [0, 0.1) is 5.92 Å². The second-order valence-corrected chi connectivity index (χ2v) is 29.0. The summed E-state index contributed by atoms with van der Waals surface area (Å²) in [7, 11) is -9.89. The number of phosphoric acid groups is 2. The van der Waals surface area contributed by atoms with Crippen LogP contribution in [0.15, 0.2) is 0 Å². The van der Waals surface area contributed by atoms with Gasteiger partial charge in [-0.25, -0.2) is 9.13 Å². The SMILES string of the molecule is CCCCCCCCCCCCCCCCCCCCCCCCC(=O)O[C@H](COC(=O)CCCCCCCCCC(C)C)COP(=O)(O)OC[C@@H](O)COP(=O)(O)OC[C@@H](COC(=O)CCCCCCCCCCC)OC(=O)CCCCCCCCCCC. The van der Waals surface area contributed by atoms with Crippen LogP contribution in [0.5, 0.6) is 0 Å². The largest absolute Gasteiger partial charge is 0.472 e. The molecule has 0 rings (SSSR count). The van der Waals surface area contributed by atoms with Crippen LogP contribution >= 0.6 is 15.6 Å². The first-order valence-corrected chi connectivity index (χ1v) is 40.1. The zero-order chi connectivity index (χ0) is 66.3. The number of hydrogen-bond donors (Lipinski definition) is 3. The molecule has 0 amide bonds. The van der Waals surface area contributed by atoms with E-state index in [0.717, 1.165) is 96.3 Å². The quantitative estimate of drug-likeness (QED) is 0.0222. The van der Waals surface area contributed by atoms with Gasteiger partial charge in [0.25, 0.3) is 0 Å². The molecule has 0 aromatic heterocycles. The van der Waals surface area contributed by atoms with Crippen molar-refractivity contribution in [1.29, 1.82) is 0 Å². The molecule has 0 saturated heterocycles. The molecule has 17 nitrogen and oxygen atoms in total. The first-order chi connectivity index (χ1) is 43.5. The zero-order valence-corrected chi connectivity index (χ0v) is 60.1. The number of carbonyl (C=O) groups is 4. The molecular weight excluding hydrogens is 1190 g/mol. The number of esters is 4. The van der Waals surface area contributed by atoms with E-state index < -0.39 is 97.5 Å². The zero-order valence-electron chi connectivity index (χ0n) is 58.3. The molecule has 0 radical (unpaired) electrons. The van der Waals surface area contributed by atoms with Crippen LogP contribution in [0.1, 0.15) is 369 Å². The number of unbranched alkanes of at least 4 members (excludes halogenated alkanes) is 43. The van der Waals surface area contributed by atoms with Crippen LogP contribution in [0.25, 0.3) is 0 Å². The van der Waals surface area contributed by atoms with Crippen LogP contribution in [-0.4, -0.2) is 96.7 Å². The Hall–Kier alpha value is -1.94. The summed E-state index contributed by atoms with van der Waals surface area (Å²) in [6.07, 6.45) is 51.7. The van der Waals surface area contributed by atoms with Gasteiger partial charge in [0.1, 0.15) is 19.3 Å². The Morgan fingerprint density at radius 3 is 0.756 bits per heavy atom. The Kier molecular flexibility index (Phi) is 63.0. The molecule has 0 heterocycles. The van der Waals surface area contributed by atoms with Crippen molar-refractivity contribution in [3.63, 3.8) is 0 Å². The lowest BCUT2D eigenvalue weighted by Crippen LogP contribution is -2.30. The lowest BCUT2D eigenvalue weighted by Gasteiger charge is -2.21. The summed E-state index contributed by atoms with van der Waals surface area (Å²) in [6, 6.07) is 0. The van der Waals surface area contributed by atoms with Crippen molar-refractivity contribution in [1.82, 2.24) is 0 Å². The maximum Gasteiger partial charge on any atom is 0.472 e. The maximum absolute atomic E-state index is 13.0. The van der Waals surface area contributed by atoms with E-state index in [1.54, 1.807) is 0 Å². The van der Waals surface area contributed by atoms with Crippen LogP contribution in [0.3, 0.4) is 0 Å². The minimum Gasteiger partial charge on any atom is -0.462 e. The molecule has 0 aromatic carbocycles. The summed E-state index contributed by atoms with van der Waals surface area (Å²) in [5, 5.41) is 10.6. The highest BCUT2D eigenvalue weighted by Crippen LogP contribution is 2.45. The predicted molar refractivity (Wildman–Crippen MR) is 363 cm³/mol. The standard InChI is InChI=1S/C71H138O17P2/c1-6-9-12-15-18-21-22-23-24-25-26-27-28-29-30-31-32-33-36-41-47-52-57-71(76)88-67(61-82-69(74)55-50-45-42-37-38-43-48-53-64(4)5)63-86-90(79,80)84-59-65(72)58-83-89(77,78)85-62-66(87-70(75)56-51-46-40-35-20-17-14-11-8-3)60-81-68(73)54-49-44-39-34-19-16-13-10-7-2/h64-67,72H,6-63H2,1-5H3,(H,77,78)(H,79,80)/t65-,66+,67+/m0/s1. The number of phosphoric ester groups is 2. The molecule has 5 atom stereocenters. The Morgan fingerprint density at radius 2 is 0.511 bits per heavy atom. The van der Waals surface area contributed by atoms with Gasteiger partial charge in [0.05, 0.1) is 26.4 Å². The Morgan fingerprint density at radius 1 is 0.300 bits per heavy atom. The third-order valence-electron chi connectivity index (χ3n) is 16.5. The van der Waals surface area contributed by atoms with E-state index in [4.69, 9.17) is 37.0 Å². The fourth-order valence-electron chi connectivity index (χ4n) is 10.8. The van der Waals surface area contributed by atoms with Crippen molar-refractivity contribution in [3.05, 3.63) is 0 Å². The van der Waals surface area contributed by atoms with Gasteiger partial charge in [-0.2, -0.15) is 0 Å². The van der Waals surface area contributed by atoms with Crippen LogP contribution in [0.2, 0.25) is 0 Å². The van der Waals surface area contributed by atoms with Crippen molar-refractivity contribution in [3.8, 4) is 0 Å². The average molecular weight is 1330 g/mol. The van der Waals surface area contributed by atoms with E-state index >= 15 is 0 Å². The molecule has 534 valence electrons. The minimum absolute atomic E-state index is 0.106. The normalized spacial score (nSPS) is 14.1. The summed E-state index contributed by atoms with van der Waals surface area (Å²) >= 11 is 0. The van der Waals surface area contributed by atoms with E-state index in [1.165, 1.54) is 186 Å². The number of rotatable bonds is 71. The second kappa shape index (κ2) is 64.4. The van der Waals surface area contributed by atoms with Crippen LogP contribution in [0.4, 0.5) is 0 Å². The van der Waals surface area contributed by atoms with Crippen LogP contribution in [-0.2, 0) is 65.4 Å². The fraction of sp³-hybridized carbons (Fsp3) is 0.944. The van der Waals surface area contributed by atoms with E-state index in [2.05, 4.69) is 34.6 Å². The smallest absolute Gasteiger partial charge is 0.462 e.